The summed E-state index contributed by atoms with van der Waals surface area (Å²) in [5.74, 6) is 2.70. The highest BCUT2D eigenvalue weighted by Crippen LogP contribution is 2.01. The Bertz CT molecular complexity index is 102. The van der Waals surface area contributed by atoms with Crippen LogP contribution in [0.1, 0.15) is 32.6 Å². The van der Waals surface area contributed by atoms with Gasteiger partial charge < -0.3 is 5.32 Å². The van der Waals surface area contributed by atoms with Crippen molar-refractivity contribution in [2.45, 2.75) is 38.6 Å². The summed E-state index contributed by atoms with van der Waals surface area (Å²) >= 11 is 0. The zero-order valence-corrected chi connectivity index (χ0v) is 6.98. The van der Waals surface area contributed by atoms with Crippen molar-refractivity contribution in [2.75, 3.05) is 7.05 Å². The van der Waals surface area contributed by atoms with E-state index in [-0.39, 0.29) is 6.04 Å². The van der Waals surface area contributed by atoms with Gasteiger partial charge in [0.15, 0.2) is 0 Å². The lowest BCUT2D eigenvalue weighted by Gasteiger charge is -2.07. The Hall–Kier alpha value is -0.480. The van der Waals surface area contributed by atoms with Gasteiger partial charge in [0.2, 0.25) is 0 Å². The van der Waals surface area contributed by atoms with Crippen molar-refractivity contribution >= 4 is 0 Å². The van der Waals surface area contributed by atoms with Crippen LogP contribution in [0.4, 0.5) is 0 Å². The van der Waals surface area contributed by atoms with Crippen LogP contribution in [0, 0.1) is 12.3 Å². The molecule has 0 aromatic rings. The quantitative estimate of drug-likeness (QED) is 0.452. The van der Waals surface area contributed by atoms with Crippen LogP contribution in [-0.2, 0) is 0 Å². The molecule has 0 saturated carbocycles. The average molecular weight is 139 g/mol. The Labute approximate surface area is 64.2 Å². The third kappa shape index (κ3) is 4.40. The molecule has 1 heteroatoms. The number of rotatable bonds is 5. The fraction of sp³-hybridized carbons (Fsp3) is 0.778. The normalized spacial score (nSPS) is 12.5. The standard InChI is InChI=1S/C9H17N/c1-4-6-7-8-9(5-2)10-3/h2,9-10H,4,6-8H2,1,3H3. The van der Waals surface area contributed by atoms with Gasteiger partial charge in [-0.15, -0.1) is 6.42 Å². The highest BCUT2D eigenvalue weighted by molar-refractivity contribution is 4.97. The summed E-state index contributed by atoms with van der Waals surface area (Å²) in [5, 5.41) is 3.07. The van der Waals surface area contributed by atoms with E-state index < -0.39 is 0 Å². The highest BCUT2D eigenvalue weighted by atomic mass is 14.8. The van der Waals surface area contributed by atoms with Gasteiger partial charge in [-0.1, -0.05) is 32.1 Å². The Balaban J connectivity index is 3.20. The first-order chi connectivity index (χ1) is 4.85. The van der Waals surface area contributed by atoms with Crippen molar-refractivity contribution in [3.05, 3.63) is 0 Å². The molecule has 0 bridgehead atoms. The number of unbranched alkanes of at least 4 members (excludes halogenated alkanes) is 2. The molecule has 1 unspecified atom stereocenters. The van der Waals surface area contributed by atoms with Crippen molar-refractivity contribution in [1.82, 2.24) is 5.32 Å². The van der Waals surface area contributed by atoms with E-state index in [9.17, 15) is 0 Å². The fourth-order valence-corrected chi connectivity index (χ4v) is 0.909. The van der Waals surface area contributed by atoms with E-state index >= 15 is 0 Å². The monoisotopic (exact) mass is 139 g/mol. The van der Waals surface area contributed by atoms with Crippen LogP contribution in [0.5, 0.6) is 0 Å². The molecule has 0 spiro atoms. The van der Waals surface area contributed by atoms with Gasteiger partial charge in [0.25, 0.3) is 0 Å². The van der Waals surface area contributed by atoms with Crippen molar-refractivity contribution in [3.8, 4) is 12.3 Å². The molecular weight excluding hydrogens is 122 g/mol. The third-order valence-corrected chi connectivity index (χ3v) is 1.65. The molecule has 0 aliphatic heterocycles. The summed E-state index contributed by atoms with van der Waals surface area (Å²) < 4.78 is 0. The Morgan fingerprint density at radius 2 is 2.20 bits per heavy atom. The molecule has 0 rings (SSSR count). The number of hydrogen-bond donors (Lipinski definition) is 1. The molecule has 0 aliphatic rings. The van der Waals surface area contributed by atoms with Crippen LogP contribution in [0.3, 0.4) is 0 Å². The topological polar surface area (TPSA) is 12.0 Å². The lowest BCUT2D eigenvalue weighted by atomic mass is 10.1. The number of terminal acetylenes is 1. The first-order valence-corrected chi connectivity index (χ1v) is 3.98. The van der Waals surface area contributed by atoms with E-state index in [0.29, 0.717) is 0 Å². The van der Waals surface area contributed by atoms with Gasteiger partial charge in [0.1, 0.15) is 0 Å². The van der Waals surface area contributed by atoms with Crippen molar-refractivity contribution < 1.29 is 0 Å². The molecule has 10 heavy (non-hydrogen) atoms. The predicted molar refractivity (Wildman–Crippen MR) is 45.8 cm³/mol. The van der Waals surface area contributed by atoms with Crippen LogP contribution in [0.15, 0.2) is 0 Å². The van der Waals surface area contributed by atoms with E-state index in [2.05, 4.69) is 18.2 Å². The van der Waals surface area contributed by atoms with E-state index in [1.165, 1.54) is 19.3 Å². The summed E-state index contributed by atoms with van der Waals surface area (Å²) in [7, 11) is 1.91. The zero-order valence-electron chi connectivity index (χ0n) is 6.98. The van der Waals surface area contributed by atoms with Gasteiger partial charge in [-0.05, 0) is 13.5 Å². The maximum atomic E-state index is 5.25. The average Bonchev–Trinajstić information content (AvgIpc) is 1.99. The summed E-state index contributed by atoms with van der Waals surface area (Å²) in [6, 6.07) is 0.284. The second-order valence-corrected chi connectivity index (χ2v) is 2.50. The van der Waals surface area contributed by atoms with Crippen LogP contribution >= 0.6 is 0 Å². The van der Waals surface area contributed by atoms with Crippen molar-refractivity contribution in [2.24, 2.45) is 0 Å². The minimum Gasteiger partial charge on any atom is -0.307 e. The van der Waals surface area contributed by atoms with Gasteiger partial charge in [0, 0.05) is 0 Å². The SMILES string of the molecule is C#CC(CCCCC)NC. The van der Waals surface area contributed by atoms with Crippen molar-refractivity contribution in [3.63, 3.8) is 0 Å². The van der Waals surface area contributed by atoms with E-state index in [1.54, 1.807) is 0 Å². The molecular formula is C9H17N. The molecule has 0 aromatic carbocycles. The Morgan fingerprint density at radius 3 is 2.60 bits per heavy atom. The lowest BCUT2D eigenvalue weighted by molar-refractivity contribution is 0.574. The molecule has 1 nitrogen and oxygen atoms in total. The van der Waals surface area contributed by atoms with E-state index in [0.717, 1.165) is 6.42 Å². The summed E-state index contributed by atoms with van der Waals surface area (Å²) in [6.45, 7) is 2.20. The van der Waals surface area contributed by atoms with E-state index in [1.807, 2.05) is 7.05 Å². The molecule has 0 saturated heterocycles. The maximum Gasteiger partial charge on any atom is 0.0684 e. The fourth-order valence-electron chi connectivity index (χ4n) is 0.909. The lowest BCUT2D eigenvalue weighted by Crippen LogP contribution is -2.22. The van der Waals surface area contributed by atoms with Crippen LogP contribution < -0.4 is 5.32 Å². The highest BCUT2D eigenvalue weighted by Gasteiger charge is 1.98. The number of nitrogens with one attached hydrogen (secondary N) is 1. The molecule has 1 atom stereocenters. The van der Waals surface area contributed by atoms with Gasteiger partial charge in [-0.3, -0.25) is 0 Å². The van der Waals surface area contributed by atoms with Gasteiger partial charge >= 0.3 is 0 Å². The molecule has 1 N–H and O–H groups in total. The summed E-state index contributed by atoms with van der Waals surface area (Å²) in [6.07, 6.45) is 10.2. The first-order valence-electron chi connectivity index (χ1n) is 3.98. The first kappa shape index (κ1) is 9.52. The Kier molecular flexibility index (Phi) is 6.32. The van der Waals surface area contributed by atoms with Crippen LogP contribution in [-0.4, -0.2) is 13.1 Å². The van der Waals surface area contributed by atoms with Gasteiger partial charge in [-0.2, -0.15) is 0 Å². The Morgan fingerprint density at radius 1 is 1.50 bits per heavy atom. The number of hydrogen-bond acceptors (Lipinski definition) is 1. The zero-order chi connectivity index (χ0) is 7.82. The largest absolute Gasteiger partial charge is 0.307 e. The minimum atomic E-state index is 0.284. The third-order valence-electron chi connectivity index (χ3n) is 1.65. The second-order valence-electron chi connectivity index (χ2n) is 2.50. The van der Waals surface area contributed by atoms with Gasteiger partial charge in [-0.25, -0.2) is 0 Å². The predicted octanol–water partition coefficient (Wildman–Crippen LogP) is 1.79. The second kappa shape index (κ2) is 6.64. The van der Waals surface area contributed by atoms with Gasteiger partial charge in [0.05, 0.1) is 6.04 Å². The minimum absolute atomic E-state index is 0.284. The molecule has 0 fully saturated rings. The van der Waals surface area contributed by atoms with Crippen LogP contribution in [0.2, 0.25) is 0 Å². The molecule has 0 heterocycles. The smallest absolute Gasteiger partial charge is 0.0684 e. The summed E-state index contributed by atoms with van der Waals surface area (Å²) in [4.78, 5) is 0. The maximum absolute atomic E-state index is 5.25. The van der Waals surface area contributed by atoms with E-state index in [4.69, 9.17) is 6.42 Å². The van der Waals surface area contributed by atoms with Crippen LogP contribution in [0.25, 0.3) is 0 Å². The summed E-state index contributed by atoms with van der Waals surface area (Å²) in [5.41, 5.74) is 0. The molecule has 0 aliphatic carbocycles. The molecule has 0 radical (unpaired) electrons. The molecule has 0 aromatic heterocycles. The van der Waals surface area contributed by atoms with Crippen molar-refractivity contribution in [1.29, 1.82) is 0 Å². The molecule has 0 amide bonds. The molecule has 58 valence electrons.